The highest BCUT2D eigenvalue weighted by atomic mass is 19.1. The van der Waals surface area contributed by atoms with Crippen LogP contribution in [-0.4, -0.2) is 39.9 Å². The summed E-state index contributed by atoms with van der Waals surface area (Å²) in [6, 6.07) is 18.3. The lowest BCUT2D eigenvalue weighted by molar-refractivity contribution is 0.0201. The Morgan fingerprint density at radius 2 is 1.56 bits per heavy atom. The molecule has 0 bridgehead atoms. The highest BCUT2D eigenvalue weighted by molar-refractivity contribution is 5.69. The van der Waals surface area contributed by atoms with Gasteiger partial charge in [-0.15, -0.1) is 0 Å². The molecule has 0 saturated heterocycles. The Bertz CT molecular complexity index is 1720. The number of methoxy groups -OCH3 is 1. The smallest absolute Gasteiger partial charge is 0.410 e. The Morgan fingerprint density at radius 3 is 2.16 bits per heavy atom. The minimum Gasteiger partial charge on any atom is -0.497 e. The van der Waals surface area contributed by atoms with Gasteiger partial charge >= 0.3 is 11.8 Å². The van der Waals surface area contributed by atoms with Crippen LogP contribution in [0.15, 0.2) is 82.4 Å². The van der Waals surface area contributed by atoms with Crippen molar-refractivity contribution < 1.29 is 23.0 Å². The summed E-state index contributed by atoms with van der Waals surface area (Å²) in [6.45, 7) is 6.06. The monoisotopic (exact) mass is 591 g/mol. The van der Waals surface area contributed by atoms with Crippen LogP contribution in [-0.2, 0) is 17.8 Å². The molecule has 0 unspecified atom stereocenters. The maximum Gasteiger partial charge on any atom is 0.410 e. The Morgan fingerprint density at radius 1 is 0.930 bits per heavy atom. The molecule has 0 radical (unpaired) electrons. The highest BCUT2D eigenvalue weighted by Crippen LogP contribution is 2.27. The van der Waals surface area contributed by atoms with Gasteiger partial charge in [-0.2, -0.15) is 0 Å². The summed E-state index contributed by atoms with van der Waals surface area (Å²) in [6.07, 6.45) is -0.650. The second kappa shape index (κ2) is 12.6. The molecule has 0 fully saturated rings. The third-order valence-electron chi connectivity index (χ3n) is 7.11. The molecule has 8 nitrogen and oxygen atoms in total. The summed E-state index contributed by atoms with van der Waals surface area (Å²) in [7, 11) is 3.02. The SMILES string of the molecule is COc1cccc(-c2c(C)n(Cc3c(F)cccc3F)c(=O)n(C[C@@H](c3ccccc3)N(C)C(=O)OC(C)(C)C)c2=O)c1. The zero-order valence-electron chi connectivity index (χ0n) is 25.1. The standard InChI is InChI=1S/C33H35F2N3O5/c1-21-29(23-14-10-15-24(18-23)42-6)30(39)38(31(40)37(21)19-25-26(34)16-11-17-27(25)35)20-28(22-12-8-7-9-13-22)36(5)32(41)43-33(2,3)4/h7-18,28H,19-20H2,1-6H3/t28-/m0/s1. The first-order valence-electron chi connectivity index (χ1n) is 13.7. The minimum absolute atomic E-state index is 0.155. The van der Waals surface area contributed by atoms with E-state index in [0.717, 1.165) is 16.7 Å². The number of amides is 1. The molecule has 0 spiro atoms. The van der Waals surface area contributed by atoms with Crippen molar-refractivity contribution in [2.45, 2.75) is 52.4 Å². The van der Waals surface area contributed by atoms with Crippen LogP contribution in [0.5, 0.6) is 5.75 Å². The molecule has 4 aromatic rings. The van der Waals surface area contributed by atoms with Crippen molar-refractivity contribution in [2.75, 3.05) is 14.2 Å². The van der Waals surface area contributed by atoms with E-state index in [1.165, 1.54) is 29.7 Å². The Kier molecular flexibility index (Phi) is 9.18. The Labute approximate surface area is 248 Å². The second-order valence-corrected chi connectivity index (χ2v) is 11.2. The van der Waals surface area contributed by atoms with Gasteiger partial charge in [0.15, 0.2) is 0 Å². The molecule has 0 aliphatic rings. The van der Waals surface area contributed by atoms with Gasteiger partial charge in [-0.25, -0.2) is 18.4 Å². The van der Waals surface area contributed by atoms with Crippen LogP contribution in [0.1, 0.15) is 43.6 Å². The van der Waals surface area contributed by atoms with Crippen LogP contribution < -0.4 is 16.0 Å². The van der Waals surface area contributed by atoms with Crippen molar-refractivity contribution in [1.29, 1.82) is 0 Å². The molecule has 0 N–H and O–H groups in total. The number of carbonyl (C=O) groups is 1. The van der Waals surface area contributed by atoms with E-state index in [1.807, 2.05) is 6.07 Å². The number of likely N-dealkylation sites (N-methyl/N-ethyl adjacent to an activating group) is 1. The largest absolute Gasteiger partial charge is 0.497 e. The fourth-order valence-corrected chi connectivity index (χ4v) is 4.86. The lowest BCUT2D eigenvalue weighted by atomic mass is 10.0. The maximum atomic E-state index is 14.8. The molecule has 10 heteroatoms. The number of carbonyl (C=O) groups excluding carboxylic acids is 1. The van der Waals surface area contributed by atoms with E-state index < -0.39 is 47.2 Å². The highest BCUT2D eigenvalue weighted by Gasteiger charge is 2.29. The molecule has 1 atom stereocenters. The van der Waals surface area contributed by atoms with Crippen LogP contribution in [0, 0.1) is 18.6 Å². The van der Waals surface area contributed by atoms with Gasteiger partial charge < -0.3 is 14.4 Å². The number of rotatable bonds is 8. The van der Waals surface area contributed by atoms with E-state index in [9.17, 15) is 23.2 Å². The molecule has 1 aromatic heterocycles. The van der Waals surface area contributed by atoms with Gasteiger partial charge in [0.2, 0.25) is 0 Å². The van der Waals surface area contributed by atoms with Crippen molar-refractivity contribution in [1.82, 2.24) is 14.0 Å². The number of halogens is 2. The molecule has 3 aromatic carbocycles. The van der Waals surface area contributed by atoms with Crippen LogP contribution >= 0.6 is 0 Å². The summed E-state index contributed by atoms with van der Waals surface area (Å²) in [5.41, 5.74) is -1.04. The molecule has 43 heavy (non-hydrogen) atoms. The minimum atomic E-state index is -0.821. The zero-order valence-corrected chi connectivity index (χ0v) is 25.1. The van der Waals surface area contributed by atoms with E-state index in [0.29, 0.717) is 16.9 Å². The molecule has 1 amide bonds. The lowest BCUT2D eigenvalue weighted by Crippen LogP contribution is -2.46. The third-order valence-corrected chi connectivity index (χ3v) is 7.11. The molecule has 0 aliphatic carbocycles. The van der Waals surface area contributed by atoms with E-state index in [4.69, 9.17) is 9.47 Å². The topological polar surface area (TPSA) is 82.8 Å². The summed E-state index contributed by atoms with van der Waals surface area (Å²) >= 11 is 0. The lowest BCUT2D eigenvalue weighted by Gasteiger charge is -2.31. The second-order valence-electron chi connectivity index (χ2n) is 11.2. The predicted octanol–water partition coefficient (Wildman–Crippen LogP) is 5.93. The van der Waals surface area contributed by atoms with Crippen LogP contribution in [0.4, 0.5) is 13.6 Å². The van der Waals surface area contributed by atoms with E-state index >= 15 is 0 Å². The first kappa shape index (κ1) is 31.2. The Balaban J connectivity index is 1.96. The average molecular weight is 592 g/mol. The normalized spacial score (nSPS) is 12.1. The predicted molar refractivity (Wildman–Crippen MR) is 160 cm³/mol. The molecular weight excluding hydrogens is 556 g/mol. The van der Waals surface area contributed by atoms with E-state index in [2.05, 4.69) is 0 Å². The van der Waals surface area contributed by atoms with Gasteiger partial charge in [-0.05, 0) is 63.1 Å². The fourth-order valence-electron chi connectivity index (χ4n) is 4.86. The van der Waals surface area contributed by atoms with Gasteiger partial charge in [0.05, 0.1) is 31.8 Å². The number of benzene rings is 3. The fraction of sp³-hybridized carbons (Fsp3) is 0.303. The molecule has 1 heterocycles. The molecular formula is C33H35F2N3O5. The molecule has 0 saturated carbocycles. The van der Waals surface area contributed by atoms with Gasteiger partial charge in [-0.1, -0.05) is 48.5 Å². The molecule has 4 rings (SSSR count). The van der Waals surface area contributed by atoms with E-state index in [-0.39, 0.29) is 23.4 Å². The summed E-state index contributed by atoms with van der Waals surface area (Å²) in [5, 5.41) is 0. The number of hydrogen-bond acceptors (Lipinski definition) is 5. The number of nitrogens with zero attached hydrogens (tertiary/aromatic N) is 3. The van der Waals surface area contributed by atoms with Gasteiger partial charge in [0.1, 0.15) is 23.0 Å². The molecule has 0 aliphatic heterocycles. The summed E-state index contributed by atoms with van der Waals surface area (Å²) in [5.74, 6) is -1.16. The van der Waals surface area contributed by atoms with Crippen LogP contribution in [0.2, 0.25) is 0 Å². The van der Waals surface area contributed by atoms with Gasteiger partial charge in [-0.3, -0.25) is 13.9 Å². The zero-order chi connectivity index (χ0) is 31.5. The van der Waals surface area contributed by atoms with Crippen LogP contribution in [0.25, 0.3) is 11.1 Å². The van der Waals surface area contributed by atoms with Gasteiger partial charge in [0.25, 0.3) is 5.56 Å². The first-order chi connectivity index (χ1) is 20.3. The number of hydrogen-bond donors (Lipinski definition) is 0. The average Bonchev–Trinajstić information content (AvgIpc) is 2.96. The Hall–Kier alpha value is -4.73. The first-order valence-corrected chi connectivity index (χ1v) is 13.7. The van der Waals surface area contributed by atoms with Crippen molar-refractivity contribution in [3.8, 4) is 16.9 Å². The number of aromatic nitrogens is 2. The molecule has 226 valence electrons. The number of ether oxygens (including phenoxy) is 2. The van der Waals surface area contributed by atoms with Crippen molar-refractivity contribution in [2.24, 2.45) is 0 Å². The quantitative estimate of drug-likeness (QED) is 0.254. The van der Waals surface area contributed by atoms with Crippen LogP contribution in [0.3, 0.4) is 0 Å². The van der Waals surface area contributed by atoms with E-state index in [1.54, 1.807) is 76.2 Å². The van der Waals surface area contributed by atoms with Crippen molar-refractivity contribution in [3.05, 3.63) is 122 Å². The van der Waals surface area contributed by atoms with Crippen molar-refractivity contribution >= 4 is 6.09 Å². The van der Waals surface area contributed by atoms with Crippen molar-refractivity contribution in [3.63, 3.8) is 0 Å². The van der Waals surface area contributed by atoms with Gasteiger partial charge in [0, 0.05) is 18.3 Å². The maximum absolute atomic E-state index is 14.8. The third kappa shape index (κ3) is 6.85. The summed E-state index contributed by atoms with van der Waals surface area (Å²) in [4.78, 5) is 42.7. The summed E-state index contributed by atoms with van der Waals surface area (Å²) < 4.78 is 42.6.